The predicted molar refractivity (Wildman–Crippen MR) is 61.1 cm³/mol. The van der Waals surface area contributed by atoms with E-state index in [1.54, 1.807) is 26.0 Å². The molecule has 1 aromatic carbocycles. The van der Waals surface area contributed by atoms with Gasteiger partial charge in [-0.3, -0.25) is 4.79 Å². The quantitative estimate of drug-likeness (QED) is 0.601. The number of carbonyl (C=O) groups is 1. The summed E-state index contributed by atoms with van der Waals surface area (Å²) in [5.41, 5.74) is 1.27. The van der Waals surface area contributed by atoms with E-state index in [2.05, 4.69) is 0 Å². The molecule has 0 spiro atoms. The lowest BCUT2D eigenvalue weighted by Crippen LogP contribution is -2.20. The van der Waals surface area contributed by atoms with Crippen LogP contribution in [0.15, 0.2) is 18.2 Å². The van der Waals surface area contributed by atoms with Crippen molar-refractivity contribution in [1.82, 2.24) is 0 Å². The normalized spacial score (nSPS) is 12.2. The summed E-state index contributed by atoms with van der Waals surface area (Å²) < 4.78 is 18.0. The lowest BCUT2D eigenvalue weighted by atomic mass is 10.1. The fraction of sp³-hybridized carbons (Fsp3) is 0.417. The van der Waals surface area contributed by atoms with Gasteiger partial charge in [0.15, 0.2) is 0 Å². The zero-order valence-electron chi connectivity index (χ0n) is 9.30. The molecule has 0 aliphatic heterocycles. The summed E-state index contributed by atoms with van der Waals surface area (Å²) >= 11 is 5.84. The van der Waals surface area contributed by atoms with Crippen molar-refractivity contribution in [1.29, 1.82) is 0 Å². The molecule has 0 heterocycles. The molecule has 88 valence electrons. The van der Waals surface area contributed by atoms with Gasteiger partial charge in [-0.05, 0) is 37.5 Å². The summed E-state index contributed by atoms with van der Waals surface area (Å²) in [4.78, 5) is 11.3. The highest BCUT2D eigenvalue weighted by atomic mass is 35.5. The van der Waals surface area contributed by atoms with Crippen molar-refractivity contribution in [2.45, 2.75) is 25.6 Å². The molecule has 0 bridgehead atoms. The van der Waals surface area contributed by atoms with Crippen LogP contribution >= 0.6 is 11.6 Å². The fourth-order valence-electron chi connectivity index (χ4n) is 1.29. The third kappa shape index (κ3) is 3.49. The number of rotatable bonds is 4. The molecule has 1 atom stereocenters. The Balaban J connectivity index is 2.66. The second-order valence-electron chi connectivity index (χ2n) is 3.51. The summed E-state index contributed by atoms with van der Waals surface area (Å²) in [6.07, 6.45) is 0.275. The van der Waals surface area contributed by atoms with Gasteiger partial charge in [-0.15, -0.1) is 11.6 Å². The number of ether oxygens (including phenoxy) is 1. The van der Waals surface area contributed by atoms with Crippen molar-refractivity contribution >= 4 is 17.6 Å². The maximum atomic E-state index is 13.2. The maximum absolute atomic E-state index is 13.2. The SMILES string of the molecule is CCOC(=O)C(Cl)Cc1ccc(C)c(F)c1. The maximum Gasteiger partial charge on any atom is 0.324 e. The van der Waals surface area contributed by atoms with Crippen molar-refractivity contribution in [2.24, 2.45) is 0 Å². The minimum absolute atomic E-state index is 0.275. The Morgan fingerprint density at radius 1 is 1.56 bits per heavy atom. The van der Waals surface area contributed by atoms with E-state index in [-0.39, 0.29) is 12.2 Å². The molecule has 0 saturated heterocycles. The van der Waals surface area contributed by atoms with Crippen molar-refractivity contribution in [2.75, 3.05) is 6.61 Å². The molecule has 0 aliphatic rings. The summed E-state index contributed by atoms with van der Waals surface area (Å²) in [5, 5.41) is -0.762. The number of alkyl halides is 1. The highest BCUT2D eigenvalue weighted by Gasteiger charge is 2.17. The third-order valence-corrected chi connectivity index (χ3v) is 2.53. The van der Waals surface area contributed by atoms with Gasteiger partial charge < -0.3 is 4.74 Å². The van der Waals surface area contributed by atoms with E-state index in [0.29, 0.717) is 17.7 Å². The zero-order chi connectivity index (χ0) is 12.1. The Hall–Kier alpha value is -1.09. The van der Waals surface area contributed by atoms with E-state index in [1.165, 1.54) is 6.07 Å². The third-order valence-electron chi connectivity index (χ3n) is 2.19. The average Bonchev–Trinajstić information content (AvgIpc) is 2.24. The van der Waals surface area contributed by atoms with Crippen LogP contribution in [0.1, 0.15) is 18.1 Å². The Labute approximate surface area is 99.4 Å². The van der Waals surface area contributed by atoms with Gasteiger partial charge in [0.05, 0.1) is 6.61 Å². The Morgan fingerprint density at radius 2 is 2.25 bits per heavy atom. The minimum Gasteiger partial charge on any atom is -0.465 e. The topological polar surface area (TPSA) is 26.3 Å². The molecule has 0 aromatic heterocycles. The number of hydrogen-bond donors (Lipinski definition) is 0. The van der Waals surface area contributed by atoms with Crippen molar-refractivity contribution in [3.05, 3.63) is 35.1 Å². The molecule has 1 rings (SSSR count). The highest BCUT2D eigenvalue weighted by Crippen LogP contribution is 2.14. The van der Waals surface area contributed by atoms with Crippen LogP contribution in [0.25, 0.3) is 0 Å². The Bertz CT molecular complexity index is 379. The smallest absolute Gasteiger partial charge is 0.324 e. The Morgan fingerprint density at radius 3 is 2.81 bits per heavy atom. The Kier molecular flexibility index (Phi) is 4.74. The lowest BCUT2D eigenvalue weighted by molar-refractivity contribution is -0.142. The van der Waals surface area contributed by atoms with Crippen LogP contribution in [0.5, 0.6) is 0 Å². The van der Waals surface area contributed by atoms with E-state index >= 15 is 0 Å². The molecule has 0 N–H and O–H groups in total. The predicted octanol–water partition coefficient (Wildman–Crippen LogP) is 2.85. The number of aryl methyl sites for hydroxylation is 1. The van der Waals surface area contributed by atoms with E-state index in [1.807, 2.05) is 0 Å². The number of benzene rings is 1. The lowest BCUT2D eigenvalue weighted by Gasteiger charge is -2.09. The van der Waals surface area contributed by atoms with Gasteiger partial charge in [0, 0.05) is 0 Å². The van der Waals surface area contributed by atoms with Crippen LogP contribution < -0.4 is 0 Å². The van der Waals surface area contributed by atoms with Crippen LogP contribution in [-0.2, 0) is 16.0 Å². The zero-order valence-corrected chi connectivity index (χ0v) is 10.1. The number of hydrogen-bond acceptors (Lipinski definition) is 2. The van der Waals surface area contributed by atoms with Gasteiger partial charge in [0.2, 0.25) is 0 Å². The summed E-state index contributed by atoms with van der Waals surface area (Å²) in [6.45, 7) is 3.69. The monoisotopic (exact) mass is 244 g/mol. The molecular formula is C12H14ClFO2. The van der Waals surface area contributed by atoms with Gasteiger partial charge in [-0.2, -0.15) is 0 Å². The second-order valence-corrected chi connectivity index (χ2v) is 4.03. The standard InChI is InChI=1S/C12H14ClFO2/c1-3-16-12(15)10(13)6-9-5-4-8(2)11(14)7-9/h4-5,7,10H,3,6H2,1-2H3. The molecule has 0 fully saturated rings. The first kappa shape index (κ1) is 13.0. The summed E-state index contributed by atoms with van der Waals surface area (Å²) in [5.74, 6) is -0.754. The fourth-order valence-corrected chi connectivity index (χ4v) is 1.53. The first-order valence-electron chi connectivity index (χ1n) is 5.10. The van der Waals surface area contributed by atoms with Gasteiger partial charge in [0.25, 0.3) is 0 Å². The van der Waals surface area contributed by atoms with Gasteiger partial charge >= 0.3 is 5.97 Å². The molecule has 0 saturated carbocycles. The van der Waals surface area contributed by atoms with Crippen molar-refractivity contribution in [3.63, 3.8) is 0 Å². The molecule has 16 heavy (non-hydrogen) atoms. The van der Waals surface area contributed by atoms with E-state index < -0.39 is 11.3 Å². The van der Waals surface area contributed by atoms with E-state index in [4.69, 9.17) is 16.3 Å². The van der Waals surface area contributed by atoms with E-state index in [0.717, 1.165) is 0 Å². The van der Waals surface area contributed by atoms with Gasteiger partial charge in [-0.1, -0.05) is 12.1 Å². The van der Waals surface area contributed by atoms with Crippen molar-refractivity contribution in [3.8, 4) is 0 Å². The highest BCUT2D eigenvalue weighted by molar-refractivity contribution is 6.30. The number of esters is 1. The molecular weight excluding hydrogens is 231 g/mol. The molecule has 0 amide bonds. The van der Waals surface area contributed by atoms with Crippen LogP contribution in [0.4, 0.5) is 4.39 Å². The van der Waals surface area contributed by atoms with Crippen LogP contribution in [0.3, 0.4) is 0 Å². The first-order valence-corrected chi connectivity index (χ1v) is 5.54. The van der Waals surface area contributed by atoms with Crippen molar-refractivity contribution < 1.29 is 13.9 Å². The second kappa shape index (κ2) is 5.85. The molecule has 2 nitrogen and oxygen atoms in total. The largest absolute Gasteiger partial charge is 0.465 e. The van der Waals surface area contributed by atoms with Crippen LogP contribution in [0, 0.1) is 12.7 Å². The molecule has 1 unspecified atom stereocenters. The van der Waals surface area contributed by atoms with Gasteiger partial charge in [-0.25, -0.2) is 4.39 Å². The average molecular weight is 245 g/mol. The van der Waals surface area contributed by atoms with Crippen LogP contribution in [-0.4, -0.2) is 18.0 Å². The molecule has 4 heteroatoms. The first-order chi connectivity index (χ1) is 7.54. The molecule has 0 radical (unpaired) electrons. The molecule has 0 aliphatic carbocycles. The van der Waals surface area contributed by atoms with Crippen LogP contribution in [0.2, 0.25) is 0 Å². The number of carbonyl (C=O) groups excluding carboxylic acids is 1. The summed E-state index contributed by atoms with van der Waals surface area (Å²) in [6, 6.07) is 4.82. The molecule has 1 aromatic rings. The summed E-state index contributed by atoms with van der Waals surface area (Å²) in [7, 11) is 0. The van der Waals surface area contributed by atoms with Gasteiger partial charge in [0.1, 0.15) is 11.2 Å². The van der Waals surface area contributed by atoms with E-state index in [9.17, 15) is 9.18 Å². The minimum atomic E-state index is -0.762. The number of halogens is 2.